The lowest BCUT2D eigenvalue weighted by Crippen LogP contribution is -2.45. The number of aliphatic hydroxyl groups is 1. The third-order valence-electron chi connectivity index (χ3n) is 4.88. The molecule has 1 aliphatic carbocycles. The molecule has 0 saturated heterocycles. The molecule has 160 valence electrons. The fraction of sp³-hybridized carbons (Fsp3) is 0.333. The minimum Gasteiger partial charge on any atom is -0.393 e. The van der Waals surface area contributed by atoms with Crippen molar-refractivity contribution in [3.63, 3.8) is 0 Å². The molecule has 2 aromatic rings. The highest BCUT2D eigenvalue weighted by molar-refractivity contribution is 6.02. The monoisotopic (exact) mass is 423 g/mol. The lowest BCUT2D eigenvalue weighted by Gasteiger charge is -2.27. The van der Waals surface area contributed by atoms with Crippen LogP contribution in [-0.2, 0) is 6.54 Å². The molecule has 1 fully saturated rings. The van der Waals surface area contributed by atoms with Crippen molar-refractivity contribution in [3.05, 3.63) is 70.8 Å². The van der Waals surface area contributed by atoms with Gasteiger partial charge in [-0.05, 0) is 49.9 Å². The molecule has 3 N–H and O–H groups in total. The number of hydrogen-bond acceptors (Lipinski definition) is 2. The van der Waals surface area contributed by atoms with Crippen LogP contribution in [0.25, 0.3) is 0 Å². The van der Waals surface area contributed by atoms with Crippen LogP contribution in [0.5, 0.6) is 0 Å². The molecule has 1 saturated carbocycles. The number of aliphatic hydroxyl groups excluding tert-OH is 1. The van der Waals surface area contributed by atoms with Crippen molar-refractivity contribution in [1.82, 2.24) is 10.6 Å². The van der Waals surface area contributed by atoms with E-state index in [1.165, 1.54) is 6.07 Å². The van der Waals surface area contributed by atoms with Gasteiger partial charge in [-0.15, -0.1) is 0 Å². The number of nitrogens with zero attached hydrogens (tertiary/aromatic N) is 1. The van der Waals surface area contributed by atoms with Crippen LogP contribution in [0.4, 0.5) is 17.6 Å². The van der Waals surface area contributed by atoms with Gasteiger partial charge >= 0.3 is 0 Å². The van der Waals surface area contributed by atoms with Crippen LogP contribution >= 0.6 is 0 Å². The van der Waals surface area contributed by atoms with E-state index >= 15 is 0 Å². The van der Waals surface area contributed by atoms with Crippen LogP contribution in [0, 0.1) is 23.3 Å². The number of nitrogens with one attached hydrogen (secondary N) is 2. The first kappa shape index (κ1) is 21.8. The second-order valence-corrected chi connectivity index (χ2v) is 7.13. The number of rotatable bonds is 4. The Kier molecular flexibility index (Phi) is 7.04. The highest BCUT2D eigenvalue weighted by atomic mass is 19.2. The third kappa shape index (κ3) is 5.79. The zero-order valence-electron chi connectivity index (χ0n) is 16.0. The van der Waals surface area contributed by atoms with E-state index in [0.717, 1.165) is 30.3 Å². The van der Waals surface area contributed by atoms with Crippen molar-refractivity contribution in [2.24, 2.45) is 4.99 Å². The number of benzene rings is 2. The first-order valence-corrected chi connectivity index (χ1v) is 9.52. The molecule has 1 aliphatic rings. The summed E-state index contributed by atoms with van der Waals surface area (Å²) in [5.41, 5.74) is 0.00673. The van der Waals surface area contributed by atoms with Gasteiger partial charge in [0.25, 0.3) is 5.91 Å². The normalized spacial score (nSPS) is 19.4. The van der Waals surface area contributed by atoms with Crippen molar-refractivity contribution in [3.8, 4) is 0 Å². The molecule has 0 atom stereocenters. The van der Waals surface area contributed by atoms with Crippen LogP contribution in [0.2, 0.25) is 0 Å². The van der Waals surface area contributed by atoms with Gasteiger partial charge in [0.15, 0.2) is 17.6 Å². The molecule has 0 heterocycles. The predicted molar refractivity (Wildman–Crippen MR) is 103 cm³/mol. The quantitative estimate of drug-likeness (QED) is 0.400. The van der Waals surface area contributed by atoms with E-state index in [1.54, 1.807) is 0 Å². The maximum Gasteiger partial charge on any atom is 0.280 e. The number of halogens is 4. The van der Waals surface area contributed by atoms with Crippen molar-refractivity contribution in [1.29, 1.82) is 0 Å². The molecular weight excluding hydrogens is 402 g/mol. The predicted octanol–water partition coefficient (Wildman–Crippen LogP) is 3.42. The number of aliphatic imine (C=N–C) groups is 1. The van der Waals surface area contributed by atoms with Gasteiger partial charge in [-0.2, -0.15) is 4.99 Å². The average Bonchev–Trinajstić information content (AvgIpc) is 2.70. The first-order chi connectivity index (χ1) is 14.3. The van der Waals surface area contributed by atoms with Gasteiger partial charge in [0.05, 0.1) is 6.10 Å². The Morgan fingerprint density at radius 1 is 0.967 bits per heavy atom. The maximum absolute atomic E-state index is 13.9. The fourth-order valence-corrected chi connectivity index (χ4v) is 3.18. The molecule has 30 heavy (non-hydrogen) atoms. The maximum atomic E-state index is 13.9. The van der Waals surface area contributed by atoms with Crippen LogP contribution in [0.15, 0.2) is 41.4 Å². The molecule has 0 spiro atoms. The minimum atomic E-state index is -1.17. The zero-order valence-corrected chi connectivity index (χ0v) is 16.0. The van der Waals surface area contributed by atoms with Crippen LogP contribution in [0.1, 0.15) is 41.6 Å². The Morgan fingerprint density at radius 3 is 2.37 bits per heavy atom. The summed E-state index contributed by atoms with van der Waals surface area (Å²) in [6, 6.07) is 5.72. The molecule has 9 heteroatoms. The molecule has 1 amide bonds. The standard InChI is InChI=1S/C21H21F4N3O2/c22-14-3-1-13(18(24)10-14)11-26-21(27-15-4-6-16(29)7-5-15)28-20(30)12-2-8-17(23)19(25)9-12/h1-3,8-10,15-16,29H,4-7,11H2,(H2,26,27,28,30)/t15-,16-. The Bertz CT molecular complexity index is 944. The summed E-state index contributed by atoms with van der Waals surface area (Å²) in [5.74, 6) is -4.52. The van der Waals surface area contributed by atoms with E-state index in [0.29, 0.717) is 25.7 Å². The van der Waals surface area contributed by atoms with E-state index in [-0.39, 0.29) is 35.8 Å². The summed E-state index contributed by atoms with van der Waals surface area (Å²) in [6.07, 6.45) is 2.04. The number of amides is 1. The van der Waals surface area contributed by atoms with E-state index in [1.807, 2.05) is 0 Å². The van der Waals surface area contributed by atoms with Crippen molar-refractivity contribution >= 4 is 11.9 Å². The molecule has 0 unspecified atom stereocenters. The first-order valence-electron chi connectivity index (χ1n) is 9.52. The molecule has 0 radical (unpaired) electrons. The van der Waals surface area contributed by atoms with Gasteiger partial charge in [0, 0.05) is 29.8 Å². The molecule has 3 rings (SSSR count). The van der Waals surface area contributed by atoms with Gasteiger partial charge in [0.1, 0.15) is 11.6 Å². The number of carbonyl (C=O) groups is 1. The van der Waals surface area contributed by atoms with Crippen molar-refractivity contribution in [2.75, 3.05) is 0 Å². The zero-order chi connectivity index (χ0) is 21.7. The Morgan fingerprint density at radius 2 is 1.70 bits per heavy atom. The van der Waals surface area contributed by atoms with Crippen LogP contribution in [0.3, 0.4) is 0 Å². The third-order valence-corrected chi connectivity index (χ3v) is 4.88. The average molecular weight is 423 g/mol. The van der Waals surface area contributed by atoms with Gasteiger partial charge in [-0.25, -0.2) is 17.6 Å². The summed E-state index contributed by atoms with van der Waals surface area (Å²) in [5, 5.41) is 15.5. The second kappa shape index (κ2) is 9.71. The van der Waals surface area contributed by atoms with E-state index in [2.05, 4.69) is 15.6 Å². The largest absolute Gasteiger partial charge is 0.393 e. The van der Waals surface area contributed by atoms with Crippen molar-refractivity contribution < 1.29 is 27.5 Å². The summed E-state index contributed by atoms with van der Waals surface area (Å²) < 4.78 is 53.5. The Labute approximate surface area is 170 Å². The second-order valence-electron chi connectivity index (χ2n) is 7.13. The summed E-state index contributed by atoms with van der Waals surface area (Å²) >= 11 is 0. The summed E-state index contributed by atoms with van der Waals surface area (Å²) in [6.45, 7) is -0.0850. The smallest absolute Gasteiger partial charge is 0.280 e. The van der Waals surface area contributed by atoms with Gasteiger partial charge in [0.2, 0.25) is 0 Å². The van der Waals surface area contributed by atoms with E-state index < -0.39 is 29.2 Å². The molecule has 0 aromatic heterocycles. The van der Waals surface area contributed by atoms with E-state index in [4.69, 9.17) is 0 Å². The number of hydrogen-bond donors (Lipinski definition) is 3. The SMILES string of the molecule is O=C(/N=C(/NCc1ccc(F)cc1F)N[C@H]1CC[C@H](O)CC1)c1ccc(F)c(F)c1. The topological polar surface area (TPSA) is 73.7 Å². The molecule has 0 bridgehead atoms. The lowest BCUT2D eigenvalue weighted by molar-refractivity contribution is 0.1000. The molecule has 2 aromatic carbocycles. The van der Waals surface area contributed by atoms with Crippen molar-refractivity contribution in [2.45, 2.75) is 44.4 Å². The van der Waals surface area contributed by atoms with Gasteiger partial charge < -0.3 is 15.7 Å². The highest BCUT2D eigenvalue weighted by Gasteiger charge is 2.21. The fourth-order valence-electron chi connectivity index (χ4n) is 3.18. The minimum absolute atomic E-state index is 0.0230. The Hall–Kier alpha value is -2.94. The van der Waals surface area contributed by atoms with E-state index in [9.17, 15) is 27.5 Å². The number of carbonyl (C=O) groups excluding carboxylic acids is 1. The number of guanidine groups is 1. The van der Waals surface area contributed by atoms with Crippen LogP contribution < -0.4 is 10.6 Å². The Balaban J connectivity index is 1.77. The summed E-state index contributed by atoms with van der Waals surface area (Å²) in [4.78, 5) is 16.3. The molecule has 5 nitrogen and oxygen atoms in total. The molecule has 0 aliphatic heterocycles. The highest BCUT2D eigenvalue weighted by Crippen LogP contribution is 2.18. The van der Waals surface area contributed by atoms with Gasteiger partial charge in [-0.3, -0.25) is 4.79 Å². The summed E-state index contributed by atoms with van der Waals surface area (Å²) in [7, 11) is 0. The lowest BCUT2D eigenvalue weighted by atomic mass is 9.93. The van der Waals surface area contributed by atoms with Gasteiger partial charge in [-0.1, -0.05) is 6.07 Å². The molecular formula is C21H21F4N3O2. The van der Waals surface area contributed by atoms with Crippen LogP contribution in [-0.4, -0.2) is 29.1 Å².